The number of rotatable bonds is 5. The lowest BCUT2D eigenvalue weighted by atomic mass is 10.0. The number of aromatic nitrogens is 1. The lowest BCUT2D eigenvalue weighted by molar-refractivity contribution is 0.737. The van der Waals surface area contributed by atoms with E-state index in [1.54, 1.807) is 0 Å². The van der Waals surface area contributed by atoms with E-state index in [2.05, 4.69) is 48.7 Å². The van der Waals surface area contributed by atoms with Crippen LogP contribution in [0.15, 0.2) is 34.4 Å². The normalized spacial score (nSPS) is 15.7. The molecule has 1 heterocycles. The van der Waals surface area contributed by atoms with Crippen molar-refractivity contribution in [2.45, 2.75) is 47.5 Å². The molecule has 19 heavy (non-hydrogen) atoms. The molecule has 1 aromatic rings. The molecule has 3 heteroatoms. The van der Waals surface area contributed by atoms with Crippen LogP contribution in [-0.2, 0) is 0 Å². The monoisotopic (exact) mass is 259 g/mol. The standard InChI is InChI=1S/C16H25N3/c1-6-9-16(15-10-8-11-17-15)19-14(5)18-13(4)12(3)7-2/h8-12,17H,6-7H2,1-5H3/b16-9+,18-13?,19-14?. The van der Waals surface area contributed by atoms with Crippen LogP contribution in [0.1, 0.15) is 53.2 Å². The summed E-state index contributed by atoms with van der Waals surface area (Å²) >= 11 is 0. The Labute approximate surface area is 116 Å². The van der Waals surface area contributed by atoms with Crippen LogP contribution in [0.25, 0.3) is 5.70 Å². The molecule has 0 amide bonds. The molecule has 3 nitrogen and oxygen atoms in total. The van der Waals surface area contributed by atoms with Crippen molar-refractivity contribution in [3.63, 3.8) is 0 Å². The fourth-order valence-corrected chi connectivity index (χ4v) is 1.76. The fraction of sp³-hybridized carbons (Fsp3) is 0.500. The van der Waals surface area contributed by atoms with Crippen molar-refractivity contribution in [3.05, 3.63) is 30.1 Å². The van der Waals surface area contributed by atoms with Gasteiger partial charge in [0, 0.05) is 11.9 Å². The van der Waals surface area contributed by atoms with E-state index < -0.39 is 0 Å². The molecule has 1 aromatic heterocycles. The summed E-state index contributed by atoms with van der Waals surface area (Å²) in [5.74, 6) is 1.32. The predicted octanol–water partition coefficient (Wildman–Crippen LogP) is 4.69. The van der Waals surface area contributed by atoms with Crippen molar-refractivity contribution in [1.29, 1.82) is 0 Å². The van der Waals surface area contributed by atoms with Gasteiger partial charge in [0.25, 0.3) is 0 Å². The van der Waals surface area contributed by atoms with Crippen LogP contribution in [0.5, 0.6) is 0 Å². The Morgan fingerprint density at radius 2 is 2.05 bits per heavy atom. The first-order chi connectivity index (χ1) is 9.08. The van der Waals surface area contributed by atoms with E-state index in [1.165, 1.54) is 0 Å². The van der Waals surface area contributed by atoms with Gasteiger partial charge in [-0.3, -0.25) is 0 Å². The van der Waals surface area contributed by atoms with Crippen LogP contribution in [0.3, 0.4) is 0 Å². The van der Waals surface area contributed by atoms with Crippen molar-refractivity contribution in [1.82, 2.24) is 4.98 Å². The van der Waals surface area contributed by atoms with E-state index in [9.17, 15) is 0 Å². The van der Waals surface area contributed by atoms with Crippen molar-refractivity contribution in [3.8, 4) is 0 Å². The highest BCUT2D eigenvalue weighted by Crippen LogP contribution is 2.15. The molecule has 0 aliphatic carbocycles. The van der Waals surface area contributed by atoms with Gasteiger partial charge in [0.1, 0.15) is 5.84 Å². The Morgan fingerprint density at radius 3 is 2.58 bits per heavy atom. The van der Waals surface area contributed by atoms with Crippen molar-refractivity contribution >= 4 is 17.2 Å². The molecule has 1 atom stereocenters. The highest BCUT2D eigenvalue weighted by Gasteiger charge is 2.04. The summed E-state index contributed by atoms with van der Waals surface area (Å²) in [5, 5.41) is 0. The summed E-state index contributed by atoms with van der Waals surface area (Å²) < 4.78 is 0. The first kappa shape index (κ1) is 15.4. The predicted molar refractivity (Wildman–Crippen MR) is 84.7 cm³/mol. The van der Waals surface area contributed by atoms with Gasteiger partial charge in [-0.05, 0) is 44.7 Å². The van der Waals surface area contributed by atoms with E-state index in [0.29, 0.717) is 5.92 Å². The molecule has 0 saturated carbocycles. The maximum absolute atomic E-state index is 4.62. The molecule has 0 spiro atoms. The van der Waals surface area contributed by atoms with Gasteiger partial charge in [-0.15, -0.1) is 0 Å². The summed E-state index contributed by atoms with van der Waals surface area (Å²) in [4.78, 5) is 12.4. The smallest absolute Gasteiger partial charge is 0.125 e. The number of amidine groups is 1. The topological polar surface area (TPSA) is 40.5 Å². The molecule has 0 radical (unpaired) electrons. The lowest BCUT2D eigenvalue weighted by Crippen LogP contribution is -2.07. The molecule has 1 N–H and O–H groups in total. The first-order valence-corrected chi connectivity index (χ1v) is 7.02. The number of H-pyrrole nitrogens is 1. The lowest BCUT2D eigenvalue weighted by Gasteiger charge is -2.07. The third-order valence-corrected chi connectivity index (χ3v) is 3.22. The van der Waals surface area contributed by atoms with E-state index >= 15 is 0 Å². The van der Waals surface area contributed by atoms with Crippen LogP contribution in [0.2, 0.25) is 0 Å². The summed E-state index contributed by atoms with van der Waals surface area (Å²) in [5.41, 5.74) is 3.15. The fourth-order valence-electron chi connectivity index (χ4n) is 1.76. The van der Waals surface area contributed by atoms with Crippen molar-refractivity contribution in [2.24, 2.45) is 15.9 Å². The molecular formula is C16H25N3. The van der Waals surface area contributed by atoms with Gasteiger partial charge in [-0.1, -0.05) is 26.8 Å². The van der Waals surface area contributed by atoms with E-state index in [4.69, 9.17) is 0 Å². The zero-order valence-corrected chi connectivity index (χ0v) is 12.7. The van der Waals surface area contributed by atoms with Crippen molar-refractivity contribution < 1.29 is 0 Å². The number of allylic oxidation sites excluding steroid dienone is 1. The number of nitrogens with zero attached hydrogens (tertiary/aromatic N) is 2. The zero-order valence-electron chi connectivity index (χ0n) is 12.7. The van der Waals surface area contributed by atoms with Gasteiger partial charge < -0.3 is 4.98 Å². The van der Waals surface area contributed by atoms with Crippen LogP contribution in [0, 0.1) is 5.92 Å². The van der Waals surface area contributed by atoms with Crippen LogP contribution in [0.4, 0.5) is 0 Å². The maximum Gasteiger partial charge on any atom is 0.125 e. The molecule has 104 valence electrons. The second-order valence-electron chi connectivity index (χ2n) is 4.80. The number of nitrogens with one attached hydrogen (secondary N) is 1. The largest absolute Gasteiger partial charge is 0.360 e. The molecule has 1 unspecified atom stereocenters. The third kappa shape index (κ3) is 4.86. The minimum atomic E-state index is 0.509. The van der Waals surface area contributed by atoms with E-state index in [1.807, 2.05) is 25.3 Å². The average Bonchev–Trinajstić information content (AvgIpc) is 2.90. The first-order valence-electron chi connectivity index (χ1n) is 7.02. The van der Waals surface area contributed by atoms with E-state index in [0.717, 1.165) is 35.8 Å². The molecule has 0 aliphatic heterocycles. The minimum absolute atomic E-state index is 0.509. The quantitative estimate of drug-likeness (QED) is 0.588. The Morgan fingerprint density at radius 1 is 1.32 bits per heavy atom. The summed E-state index contributed by atoms with van der Waals surface area (Å²) in [6.45, 7) is 10.5. The van der Waals surface area contributed by atoms with Gasteiger partial charge in [-0.2, -0.15) is 0 Å². The molecule has 0 aliphatic rings. The Kier molecular flexibility index (Phi) is 6.26. The molecule has 0 bridgehead atoms. The third-order valence-electron chi connectivity index (χ3n) is 3.22. The highest BCUT2D eigenvalue weighted by molar-refractivity contribution is 5.98. The number of hydrogen-bond acceptors (Lipinski definition) is 1. The number of aromatic amines is 1. The Hall–Kier alpha value is -1.64. The second-order valence-corrected chi connectivity index (χ2v) is 4.80. The average molecular weight is 259 g/mol. The summed E-state index contributed by atoms with van der Waals surface area (Å²) in [6.07, 6.45) is 6.09. The van der Waals surface area contributed by atoms with Gasteiger partial charge in [0.2, 0.25) is 0 Å². The van der Waals surface area contributed by atoms with Crippen LogP contribution >= 0.6 is 0 Å². The van der Waals surface area contributed by atoms with Crippen LogP contribution in [-0.4, -0.2) is 16.5 Å². The number of hydrogen-bond donors (Lipinski definition) is 1. The maximum atomic E-state index is 4.62. The van der Waals surface area contributed by atoms with Gasteiger partial charge in [0.05, 0.1) is 11.4 Å². The highest BCUT2D eigenvalue weighted by atomic mass is 14.9. The van der Waals surface area contributed by atoms with Gasteiger partial charge in [-0.25, -0.2) is 9.98 Å². The van der Waals surface area contributed by atoms with Gasteiger partial charge in [0.15, 0.2) is 0 Å². The summed E-state index contributed by atoms with van der Waals surface area (Å²) in [6, 6.07) is 4.01. The summed E-state index contributed by atoms with van der Waals surface area (Å²) in [7, 11) is 0. The SMILES string of the molecule is CC/C=C(/N=C(C)N=C(C)C(C)CC)c1ccc[nH]1. The zero-order chi connectivity index (χ0) is 14.3. The molecule has 0 saturated heterocycles. The number of aliphatic imine (C=N–C) groups is 2. The Balaban J connectivity index is 2.95. The Bertz CT molecular complexity index is 464. The molecule has 1 rings (SSSR count). The second kappa shape index (κ2) is 7.72. The minimum Gasteiger partial charge on any atom is -0.360 e. The van der Waals surface area contributed by atoms with Crippen molar-refractivity contribution in [2.75, 3.05) is 0 Å². The molecular weight excluding hydrogens is 234 g/mol. The van der Waals surface area contributed by atoms with E-state index in [-0.39, 0.29) is 0 Å². The molecule has 0 aromatic carbocycles. The van der Waals surface area contributed by atoms with Crippen LogP contribution < -0.4 is 0 Å². The van der Waals surface area contributed by atoms with Gasteiger partial charge >= 0.3 is 0 Å². The molecule has 0 fully saturated rings.